The summed E-state index contributed by atoms with van der Waals surface area (Å²) in [5, 5.41) is 8.77. The van der Waals surface area contributed by atoms with Gasteiger partial charge in [0, 0.05) is 18.7 Å². The standard InChI is InChI=1S/C18H16Cl2N4O/c1-9-15-11(18(25)22-13-5-3-4-12(19)16(13)20)8-14(10-6-7-10)21-17(15)24(2)23-9/h3-5,8,10H,6-7H2,1-2H3,(H,22,25). The van der Waals surface area contributed by atoms with E-state index in [-0.39, 0.29) is 5.91 Å². The Labute approximate surface area is 154 Å². The second kappa shape index (κ2) is 6.00. The molecular formula is C18H16Cl2N4O. The largest absolute Gasteiger partial charge is 0.321 e. The number of carbonyl (C=O) groups excluding carboxylic acids is 1. The van der Waals surface area contributed by atoms with Crippen molar-refractivity contribution in [3.05, 3.63) is 51.3 Å². The summed E-state index contributed by atoms with van der Waals surface area (Å²) < 4.78 is 1.72. The number of hydrogen-bond acceptors (Lipinski definition) is 3. The average molecular weight is 375 g/mol. The molecule has 128 valence electrons. The van der Waals surface area contributed by atoms with Crippen LogP contribution in [-0.4, -0.2) is 20.7 Å². The van der Waals surface area contributed by atoms with Crippen LogP contribution in [-0.2, 0) is 7.05 Å². The van der Waals surface area contributed by atoms with E-state index in [0.29, 0.717) is 27.2 Å². The van der Waals surface area contributed by atoms with Gasteiger partial charge < -0.3 is 5.32 Å². The fraction of sp³-hybridized carbons (Fsp3) is 0.278. The number of amides is 1. The molecule has 0 atom stereocenters. The lowest BCUT2D eigenvalue weighted by Gasteiger charge is -2.10. The molecule has 3 aromatic rings. The van der Waals surface area contributed by atoms with Crippen LogP contribution in [0.5, 0.6) is 0 Å². The lowest BCUT2D eigenvalue weighted by molar-refractivity contribution is 0.102. The maximum atomic E-state index is 13.0. The van der Waals surface area contributed by atoms with Gasteiger partial charge in [-0.1, -0.05) is 29.3 Å². The van der Waals surface area contributed by atoms with Crippen LogP contribution < -0.4 is 5.32 Å². The van der Waals surface area contributed by atoms with E-state index in [2.05, 4.69) is 10.4 Å². The van der Waals surface area contributed by atoms with Gasteiger partial charge >= 0.3 is 0 Å². The number of aryl methyl sites for hydroxylation is 2. The van der Waals surface area contributed by atoms with Gasteiger partial charge in [0.1, 0.15) is 0 Å². The van der Waals surface area contributed by atoms with Gasteiger partial charge in [-0.2, -0.15) is 5.10 Å². The van der Waals surface area contributed by atoms with Crippen LogP contribution in [0.1, 0.15) is 40.5 Å². The minimum Gasteiger partial charge on any atom is -0.321 e. The van der Waals surface area contributed by atoms with Crippen molar-refractivity contribution in [1.82, 2.24) is 14.8 Å². The van der Waals surface area contributed by atoms with Gasteiger partial charge in [0.05, 0.1) is 32.4 Å². The highest BCUT2D eigenvalue weighted by molar-refractivity contribution is 6.44. The first kappa shape index (κ1) is 16.4. The molecule has 0 aliphatic heterocycles. The van der Waals surface area contributed by atoms with E-state index in [0.717, 1.165) is 35.3 Å². The minimum absolute atomic E-state index is 0.241. The summed E-state index contributed by atoms with van der Waals surface area (Å²) in [5.41, 5.74) is 3.49. The number of nitrogens with one attached hydrogen (secondary N) is 1. The molecule has 25 heavy (non-hydrogen) atoms. The Morgan fingerprint density at radius 2 is 2.08 bits per heavy atom. The normalized spacial score (nSPS) is 14.1. The Morgan fingerprint density at radius 1 is 1.32 bits per heavy atom. The van der Waals surface area contributed by atoms with Crippen LogP contribution in [0.2, 0.25) is 10.0 Å². The molecule has 4 rings (SSSR count). The van der Waals surface area contributed by atoms with E-state index in [1.54, 1.807) is 22.9 Å². The number of halogens is 2. The van der Waals surface area contributed by atoms with Crippen LogP contribution in [0.3, 0.4) is 0 Å². The minimum atomic E-state index is -0.241. The van der Waals surface area contributed by atoms with Crippen molar-refractivity contribution < 1.29 is 4.79 Å². The first-order valence-corrected chi connectivity index (χ1v) is 8.81. The zero-order valence-corrected chi connectivity index (χ0v) is 15.3. The molecule has 1 saturated carbocycles. The van der Waals surface area contributed by atoms with Crippen LogP contribution in [0.15, 0.2) is 24.3 Å². The van der Waals surface area contributed by atoms with Crippen LogP contribution in [0, 0.1) is 6.92 Å². The molecule has 0 saturated heterocycles. The quantitative estimate of drug-likeness (QED) is 0.721. The average Bonchev–Trinajstić information content (AvgIpc) is 3.38. The molecular weight excluding hydrogens is 359 g/mol. The third-order valence-electron chi connectivity index (χ3n) is 4.43. The van der Waals surface area contributed by atoms with Gasteiger partial charge in [-0.15, -0.1) is 0 Å². The summed E-state index contributed by atoms with van der Waals surface area (Å²) in [4.78, 5) is 17.7. The van der Waals surface area contributed by atoms with Crippen molar-refractivity contribution in [3.63, 3.8) is 0 Å². The van der Waals surface area contributed by atoms with Crippen molar-refractivity contribution in [1.29, 1.82) is 0 Å². The Balaban J connectivity index is 1.82. The van der Waals surface area contributed by atoms with Crippen molar-refractivity contribution >= 4 is 45.8 Å². The Hall–Kier alpha value is -2.11. The summed E-state index contributed by atoms with van der Waals surface area (Å²) in [7, 11) is 1.84. The smallest absolute Gasteiger partial charge is 0.256 e. The Bertz CT molecular complexity index is 1010. The SMILES string of the molecule is Cc1nn(C)c2nc(C3CC3)cc(C(=O)Nc3cccc(Cl)c3Cl)c12. The van der Waals surface area contributed by atoms with Crippen molar-refractivity contribution in [2.75, 3.05) is 5.32 Å². The molecule has 1 aliphatic carbocycles. The zero-order valence-electron chi connectivity index (χ0n) is 13.8. The Morgan fingerprint density at radius 3 is 2.80 bits per heavy atom. The predicted molar refractivity (Wildman–Crippen MR) is 99.6 cm³/mol. The van der Waals surface area contributed by atoms with Gasteiger partial charge in [0.2, 0.25) is 0 Å². The van der Waals surface area contributed by atoms with E-state index < -0.39 is 0 Å². The topological polar surface area (TPSA) is 59.8 Å². The molecule has 0 radical (unpaired) electrons. The highest BCUT2D eigenvalue weighted by Gasteiger charge is 2.28. The van der Waals surface area contributed by atoms with Gasteiger partial charge in [-0.3, -0.25) is 9.48 Å². The summed E-state index contributed by atoms with van der Waals surface area (Å²) >= 11 is 12.2. The van der Waals surface area contributed by atoms with Gasteiger partial charge in [-0.25, -0.2) is 4.98 Å². The third-order valence-corrected chi connectivity index (χ3v) is 5.25. The molecule has 1 amide bonds. The first-order valence-electron chi connectivity index (χ1n) is 8.05. The van der Waals surface area contributed by atoms with Gasteiger partial charge in [-0.05, 0) is 38.0 Å². The third kappa shape index (κ3) is 2.87. The molecule has 1 aromatic carbocycles. The van der Waals surface area contributed by atoms with Crippen LogP contribution in [0.25, 0.3) is 11.0 Å². The molecule has 5 nitrogen and oxygen atoms in total. The lowest BCUT2D eigenvalue weighted by atomic mass is 10.1. The van der Waals surface area contributed by atoms with Crippen molar-refractivity contribution in [2.45, 2.75) is 25.7 Å². The maximum Gasteiger partial charge on any atom is 0.256 e. The molecule has 0 bridgehead atoms. The number of anilines is 1. The second-order valence-electron chi connectivity index (χ2n) is 6.33. The number of rotatable bonds is 3. The van der Waals surface area contributed by atoms with Crippen molar-refractivity contribution in [3.8, 4) is 0 Å². The first-order chi connectivity index (χ1) is 12.0. The summed E-state index contributed by atoms with van der Waals surface area (Å²) in [5.74, 6) is 0.190. The van der Waals surface area contributed by atoms with E-state index >= 15 is 0 Å². The second-order valence-corrected chi connectivity index (χ2v) is 7.12. The van der Waals surface area contributed by atoms with Crippen molar-refractivity contribution in [2.24, 2.45) is 7.05 Å². The summed E-state index contributed by atoms with van der Waals surface area (Å²) in [6.45, 7) is 1.88. The Kier molecular flexibility index (Phi) is 3.93. The number of hydrogen-bond donors (Lipinski definition) is 1. The molecule has 1 N–H and O–H groups in total. The number of benzene rings is 1. The molecule has 2 heterocycles. The molecule has 0 spiro atoms. The maximum absolute atomic E-state index is 13.0. The van der Waals surface area contributed by atoms with E-state index in [4.69, 9.17) is 28.2 Å². The van der Waals surface area contributed by atoms with Gasteiger partial charge in [0.15, 0.2) is 5.65 Å². The molecule has 1 aliphatic rings. The lowest BCUT2D eigenvalue weighted by Crippen LogP contribution is -2.14. The fourth-order valence-electron chi connectivity index (χ4n) is 3.02. The zero-order chi connectivity index (χ0) is 17.7. The fourth-order valence-corrected chi connectivity index (χ4v) is 3.37. The van der Waals surface area contributed by atoms with Crippen LogP contribution in [0.4, 0.5) is 5.69 Å². The van der Waals surface area contributed by atoms with E-state index in [9.17, 15) is 4.79 Å². The molecule has 7 heteroatoms. The highest BCUT2D eigenvalue weighted by Crippen LogP contribution is 2.40. The number of pyridine rings is 1. The van der Waals surface area contributed by atoms with E-state index in [1.807, 2.05) is 20.0 Å². The van der Waals surface area contributed by atoms with E-state index in [1.165, 1.54) is 0 Å². The summed E-state index contributed by atoms with van der Waals surface area (Å²) in [6.07, 6.45) is 2.22. The monoisotopic (exact) mass is 374 g/mol. The molecule has 1 fully saturated rings. The number of aromatic nitrogens is 3. The molecule has 0 unspecified atom stereocenters. The molecule has 2 aromatic heterocycles. The number of carbonyl (C=O) groups is 1. The highest BCUT2D eigenvalue weighted by atomic mass is 35.5. The number of fused-ring (bicyclic) bond motifs is 1. The van der Waals surface area contributed by atoms with Gasteiger partial charge in [0.25, 0.3) is 5.91 Å². The van der Waals surface area contributed by atoms with Crippen LogP contribution >= 0.6 is 23.2 Å². The predicted octanol–water partition coefficient (Wildman–Crippen LogP) is 4.71. The summed E-state index contributed by atoms with van der Waals surface area (Å²) in [6, 6.07) is 7.03. The number of nitrogens with zero attached hydrogens (tertiary/aromatic N) is 3.